The van der Waals surface area contributed by atoms with E-state index in [0.717, 1.165) is 51.5 Å². The van der Waals surface area contributed by atoms with Gasteiger partial charge in [0.25, 0.3) is 0 Å². The molecule has 3 aromatic rings. The molecule has 0 unspecified atom stereocenters. The zero-order valence-corrected chi connectivity index (χ0v) is 17.5. The van der Waals surface area contributed by atoms with Crippen molar-refractivity contribution in [2.24, 2.45) is 0 Å². The lowest BCUT2D eigenvalue weighted by atomic mass is 10.1. The van der Waals surface area contributed by atoms with Gasteiger partial charge in [-0.15, -0.1) is 0 Å². The minimum absolute atomic E-state index is 0.720. The van der Waals surface area contributed by atoms with Crippen molar-refractivity contribution in [3.8, 4) is 17.0 Å². The predicted molar refractivity (Wildman–Crippen MR) is 118 cm³/mol. The summed E-state index contributed by atoms with van der Waals surface area (Å²) in [5.74, 6) is 2.26. The fourth-order valence-electron chi connectivity index (χ4n) is 2.80. The number of hydrogen-bond donors (Lipinski definition) is 1. The van der Waals surface area contributed by atoms with E-state index in [1.54, 1.807) is 12.4 Å². The van der Waals surface area contributed by atoms with Gasteiger partial charge in [-0.2, -0.15) is 5.10 Å². The average Bonchev–Trinajstić information content (AvgIpc) is 3.10. The third-order valence-corrected chi connectivity index (χ3v) is 4.46. The van der Waals surface area contributed by atoms with Crippen molar-refractivity contribution in [2.45, 2.75) is 13.5 Å². The lowest BCUT2D eigenvalue weighted by Gasteiger charge is -2.07. The van der Waals surface area contributed by atoms with Crippen LogP contribution >= 0.6 is 15.9 Å². The summed E-state index contributed by atoms with van der Waals surface area (Å²) in [6.45, 7) is 6.33. The first-order chi connectivity index (χ1) is 13.7. The van der Waals surface area contributed by atoms with Gasteiger partial charge >= 0.3 is 0 Å². The van der Waals surface area contributed by atoms with Gasteiger partial charge in [0, 0.05) is 17.9 Å². The van der Waals surface area contributed by atoms with Crippen LogP contribution in [0.25, 0.3) is 22.3 Å². The summed E-state index contributed by atoms with van der Waals surface area (Å²) < 4.78 is 7.78. The maximum absolute atomic E-state index is 5.89. The molecule has 0 aliphatic carbocycles. The van der Waals surface area contributed by atoms with E-state index in [-0.39, 0.29) is 0 Å². The number of anilines is 1. The highest BCUT2D eigenvalue weighted by Gasteiger charge is 2.17. The second-order valence-corrected chi connectivity index (χ2v) is 6.64. The Morgan fingerprint density at radius 3 is 2.71 bits per heavy atom. The van der Waals surface area contributed by atoms with Crippen LogP contribution in [0.3, 0.4) is 0 Å². The molecule has 1 N–H and O–H groups in total. The van der Waals surface area contributed by atoms with E-state index < -0.39 is 0 Å². The van der Waals surface area contributed by atoms with Gasteiger partial charge in [0.15, 0.2) is 5.65 Å². The third kappa shape index (κ3) is 4.14. The van der Waals surface area contributed by atoms with Crippen LogP contribution in [-0.2, 0) is 6.54 Å². The largest absolute Gasteiger partial charge is 0.458 e. The molecule has 0 saturated heterocycles. The van der Waals surface area contributed by atoms with Crippen LogP contribution in [0, 0.1) is 0 Å². The summed E-state index contributed by atoms with van der Waals surface area (Å²) in [7, 11) is 1.85. The fraction of sp³-hybridized carbons (Fsp3) is 0.190. The Balaban J connectivity index is 1.99. The molecule has 0 aliphatic heterocycles. The van der Waals surface area contributed by atoms with Crippen LogP contribution in [0.2, 0.25) is 0 Å². The number of fused-ring (bicyclic) bond motifs is 1. The molecule has 6 nitrogen and oxygen atoms in total. The highest BCUT2D eigenvalue weighted by molar-refractivity contribution is 9.09. The van der Waals surface area contributed by atoms with E-state index in [9.17, 15) is 0 Å². The summed E-state index contributed by atoms with van der Waals surface area (Å²) in [6, 6.07) is 7.84. The molecule has 0 aliphatic rings. The molecule has 144 valence electrons. The molecule has 7 heteroatoms. The SMILES string of the molecule is C=C/C=C\C(=C/C)Oc1ccc(-c2nn(CCBr)c3ncnc(NC)c23)cc1. The third-order valence-electron chi connectivity index (χ3n) is 4.11. The first kappa shape index (κ1) is 19.8. The molecule has 0 radical (unpaired) electrons. The summed E-state index contributed by atoms with van der Waals surface area (Å²) in [5, 5.41) is 9.61. The number of ether oxygens (including phenoxy) is 1. The van der Waals surface area contributed by atoms with Crippen molar-refractivity contribution < 1.29 is 4.74 Å². The van der Waals surface area contributed by atoms with Gasteiger partial charge in [0.2, 0.25) is 0 Å². The molecule has 1 aromatic carbocycles. The second kappa shape index (κ2) is 9.32. The normalized spacial score (nSPS) is 11.9. The quantitative estimate of drug-likeness (QED) is 0.305. The van der Waals surface area contributed by atoms with Crippen LogP contribution in [-0.4, -0.2) is 32.1 Å². The number of rotatable bonds is 8. The van der Waals surface area contributed by atoms with E-state index >= 15 is 0 Å². The molecule has 2 aromatic heterocycles. The number of aromatic nitrogens is 4. The predicted octanol–water partition coefficient (Wildman–Crippen LogP) is 4.95. The van der Waals surface area contributed by atoms with Crippen molar-refractivity contribution in [3.05, 3.63) is 67.2 Å². The van der Waals surface area contributed by atoms with Gasteiger partial charge in [0.05, 0.1) is 11.9 Å². The van der Waals surface area contributed by atoms with Crippen LogP contribution in [0.4, 0.5) is 5.82 Å². The van der Waals surface area contributed by atoms with Crippen molar-refractivity contribution in [3.63, 3.8) is 0 Å². The highest BCUT2D eigenvalue weighted by Crippen LogP contribution is 2.32. The average molecular weight is 440 g/mol. The lowest BCUT2D eigenvalue weighted by Crippen LogP contribution is -2.02. The Hall–Kier alpha value is -2.93. The smallest absolute Gasteiger partial charge is 0.164 e. The van der Waals surface area contributed by atoms with Crippen LogP contribution < -0.4 is 10.1 Å². The second-order valence-electron chi connectivity index (χ2n) is 5.84. The number of nitrogens with zero attached hydrogens (tertiary/aromatic N) is 4. The highest BCUT2D eigenvalue weighted by atomic mass is 79.9. The van der Waals surface area contributed by atoms with Gasteiger partial charge in [0.1, 0.15) is 29.3 Å². The molecular formula is C21H22BrN5O. The maximum atomic E-state index is 5.89. The van der Waals surface area contributed by atoms with E-state index in [1.807, 2.05) is 61.1 Å². The molecule has 3 rings (SSSR count). The Bertz CT molecular complexity index is 1020. The summed E-state index contributed by atoms with van der Waals surface area (Å²) in [5.41, 5.74) is 2.62. The first-order valence-corrected chi connectivity index (χ1v) is 10.0. The minimum atomic E-state index is 0.720. The summed E-state index contributed by atoms with van der Waals surface area (Å²) >= 11 is 3.48. The van der Waals surface area contributed by atoms with E-state index in [4.69, 9.17) is 9.84 Å². The molecular weight excluding hydrogens is 418 g/mol. The van der Waals surface area contributed by atoms with Crippen molar-refractivity contribution in [1.29, 1.82) is 0 Å². The molecule has 0 atom stereocenters. The molecule has 0 saturated carbocycles. The lowest BCUT2D eigenvalue weighted by molar-refractivity contribution is 0.443. The molecule has 2 heterocycles. The number of alkyl halides is 1. The van der Waals surface area contributed by atoms with Crippen LogP contribution in [0.15, 0.2) is 67.2 Å². The van der Waals surface area contributed by atoms with Crippen LogP contribution in [0.1, 0.15) is 6.92 Å². The number of halogens is 1. The van der Waals surface area contributed by atoms with Crippen molar-refractivity contribution in [1.82, 2.24) is 19.7 Å². The van der Waals surface area contributed by atoms with Gasteiger partial charge < -0.3 is 10.1 Å². The Morgan fingerprint density at radius 1 is 1.29 bits per heavy atom. The Labute approximate surface area is 172 Å². The number of allylic oxidation sites excluding steroid dienone is 4. The van der Waals surface area contributed by atoms with Gasteiger partial charge in [-0.25, -0.2) is 14.6 Å². The monoisotopic (exact) mass is 439 g/mol. The molecule has 0 bridgehead atoms. The molecule has 28 heavy (non-hydrogen) atoms. The van der Waals surface area contributed by atoms with Crippen LogP contribution in [0.5, 0.6) is 5.75 Å². The fourth-order valence-corrected chi connectivity index (χ4v) is 3.14. The molecule has 0 amide bonds. The Kier molecular flexibility index (Phi) is 6.60. The molecule has 0 fully saturated rings. The topological polar surface area (TPSA) is 64.9 Å². The number of nitrogens with one attached hydrogen (secondary N) is 1. The molecule has 0 spiro atoms. The van der Waals surface area contributed by atoms with Gasteiger partial charge in [-0.3, -0.25) is 0 Å². The summed E-state index contributed by atoms with van der Waals surface area (Å²) in [4.78, 5) is 8.78. The van der Waals surface area contributed by atoms with Gasteiger partial charge in [-0.05, 0) is 43.3 Å². The summed E-state index contributed by atoms with van der Waals surface area (Å²) in [6.07, 6.45) is 8.88. The Morgan fingerprint density at radius 2 is 2.07 bits per heavy atom. The van der Waals surface area contributed by atoms with Gasteiger partial charge in [-0.1, -0.05) is 34.7 Å². The van der Waals surface area contributed by atoms with Crippen molar-refractivity contribution >= 4 is 32.8 Å². The zero-order valence-electron chi connectivity index (χ0n) is 15.9. The minimum Gasteiger partial charge on any atom is -0.458 e. The van der Waals surface area contributed by atoms with E-state index in [1.165, 1.54) is 0 Å². The van der Waals surface area contributed by atoms with E-state index in [2.05, 4.69) is 37.8 Å². The van der Waals surface area contributed by atoms with Crippen molar-refractivity contribution in [2.75, 3.05) is 17.7 Å². The first-order valence-electron chi connectivity index (χ1n) is 8.90. The standard InChI is InChI=1S/C21H22BrN5O/c1-4-6-7-16(5-2)28-17-10-8-15(9-11-17)19-18-20(23-3)24-14-25-21(18)27(26-19)13-12-22/h4-11,14H,1,12-13H2,2-3H3,(H,23,24,25)/b7-6-,16-5+. The maximum Gasteiger partial charge on any atom is 0.164 e. The number of aryl methyl sites for hydroxylation is 1. The number of benzene rings is 1. The van der Waals surface area contributed by atoms with E-state index in [0.29, 0.717) is 0 Å². The zero-order chi connectivity index (χ0) is 19.9. The number of hydrogen-bond acceptors (Lipinski definition) is 5.